The second-order valence-corrected chi connectivity index (χ2v) is 5.35. The van der Waals surface area contributed by atoms with Crippen LogP contribution in [0.4, 0.5) is 11.4 Å². The number of nitrogens with zero attached hydrogens (tertiary/aromatic N) is 3. The first kappa shape index (κ1) is 15.1. The van der Waals surface area contributed by atoms with Gasteiger partial charge in [0, 0.05) is 30.9 Å². The summed E-state index contributed by atoms with van der Waals surface area (Å²) in [6.45, 7) is 0. The molecular weight excluding hydrogens is 272 g/mol. The maximum absolute atomic E-state index is 10.9. The molecule has 21 heavy (non-hydrogen) atoms. The lowest BCUT2D eigenvalue weighted by Gasteiger charge is -2.34. The van der Waals surface area contributed by atoms with Gasteiger partial charge >= 0.3 is 0 Å². The van der Waals surface area contributed by atoms with Crippen LogP contribution < -0.4 is 10.6 Å². The third-order valence-electron chi connectivity index (χ3n) is 4.08. The molecule has 1 saturated carbocycles. The highest BCUT2D eigenvalue weighted by Crippen LogP contribution is 2.30. The molecule has 0 bridgehead atoms. The Morgan fingerprint density at radius 3 is 2.67 bits per heavy atom. The van der Waals surface area contributed by atoms with Gasteiger partial charge in [-0.25, -0.2) is 0 Å². The fourth-order valence-corrected chi connectivity index (χ4v) is 2.87. The summed E-state index contributed by atoms with van der Waals surface area (Å²) in [6.07, 6.45) is 5.78. The lowest BCUT2D eigenvalue weighted by molar-refractivity contribution is -0.384. The van der Waals surface area contributed by atoms with Crippen molar-refractivity contribution < 1.29 is 10.1 Å². The monoisotopic (exact) mass is 292 g/mol. The summed E-state index contributed by atoms with van der Waals surface area (Å²) in [5.74, 6) is -0.114. The molecule has 7 heteroatoms. The Morgan fingerprint density at radius 2 is 2.10 bits per heavy atom. The molecule has 0 unspecified atom stereocenters. The first-order chi connectivity index (χ1) is 10.0. The number of benzene rings is 1. The number of amidine groups is 1. The number of anilines is 1. The molecule has 1 aromatic rings. The Kier molecular flexibility index (Phi) is 4.62. The van der Waals surface area contributed by atoms with Gasteiger partial charge in [-0.15, -0.1) is 0 Å². The largest absolute Gasteiger partial charge is 0.409 e. The van der Waals surface area contributed by atoms with E-state index in [9.17, 15) is 10.1 Å². The van der Waals surface area contributed by atoms with E-state index in [0.29, 0.717) is 11.6 Å². The van der Waals surface area contributed by atoms with Gasteiger partial charge in [-0.2, -0.15) is 0 Å². The van der Waals surface area contributed by atoms with E-state index >= 15 is 0 Å². The summed E-state index contributed by atoms with van der Waals surface area (Å²) >= 11 is 0. The van der Waals surface area contributed by atoms with E-state index in [1.165, 1.54) is 31.4 Å². The van der Waals surface area contributed by atoms with E-state index in [4.69, 9.17) is 10.9 Å². The minimum absolute atomic E-state index is 0.0719. The third kappa shape index (κ3) is 3.24. The van der Waals surface area contributed by atoms with Gasteiger partial charge in [0.1, 0.15) is 0 Å². The van der Waals surface area contributed by atoms with E-state index < -0.39 is 4.92 Å². The number of hydrogen-bond acceptors (Lipinski definition) is 5. The van der Waals surface area contributed by atoms with Crippen LogP contribution in [0.15, 0.2) is 23.4 Å². The highest BCUT2D eigenvalue weighted by atomic mass is 16.6. The lowest BCUT2D eigenvalue weighted by atomic mass is 9.93. The van der Waals surface area contributed by atoms with Crippen LogP contribution in [0.1, 0.15) is 37.7 Å². The summed E-state index contributed by atoms with van der Waals surface area (Å²) in [5, 5.41) is 22.8. The van der Waals surface area contributed by atoms with Crippen molar-refractivity contribution in [2.45, 2.75) is 38.1 Å². The third-order valence-corrected chi connectivity index (χ3v) is 4.08. The number of oxime groups is 1. The minimum Gasteiger partial charge on any atom is -0.409 e. The molecule has 114 valence electrons. The van der Waals surface area contributed by atoms with E-state index in [1.807, 2.05) is 7.05 Å². The summed E-state index contributed by atoms with van der Waals surface area (Å²) in [7, 11) is 1.95. The molecule has 0 atom stereocenters. The van der Waals surface area contributed by atoms with Gasteiger partial charge in [0.2, 0.25) is 0 Å². The van der Waals surface area contributed by atoms with Crippen molar-refractivity contribution in [3.63, 3.8) is 0 Å². The first-order valence-corrected chi connectivity index (χ1v) is 7.03. The number of nitrogens with two attached hydrogens (primary N) is 1. The van der Waals surface area contributed by atoms with E-state index in [-0.39, 0.29) is 11.5 Å². The van der Waals surface area contributed by atoms with Gasteiger partial charge in [0.15, 0.2) is 5.84 Å². The highest BCUT2D eigenvalue weighted by Gasteiger charge is 2.23. The van der Waals surface area contributed by atoms with Gasteiger partial charge in [-0.05, 0) is 18.9 Å². The van der Waals surface area contributed by atoms with Crippen LogP contribution in [-0.2, 0) is 0 Å². The Balaban J connectivity index is 2.39. The standard InChI is InChI=1S/C14H20N4O3/c1-17(10-5-3-2-4-6-10)13-8-7-11(18(20)21)9-12(13)14(15)16-19/h7-10,19H,2-6H2,1H3,(H2,15,16). The first-order valence-electron chi connectivity index (χ1n) is 7.03. The van der Waals surface area contributed by atoms with Crippen LogP contribution in [0.3, 0.4) is 0 Å². The maximum Gasteiger partial charge on any atom is 0.270 e. The summed E-state index contributed by atoms with van der Waals surface area (Å²) in [4.78, 5) is 12.5. The number of nitro groups is 1. The van der Waals surface area contributed by atoms with Crippen LogP contribution >= 0.6 is 0 Å². The van der Waals surface area contributed by atoms with Crippen molar-refractivity contribution in [3.05, 3.63) is 33.9 Å². The molecule has 2 rings (SSSR count). The average Bonchev–Trinajstić information content (AvgIpc) is 2.53. The van der Waals surface area contributed by atoms with Crippen LogP contribution in [-0.4, -0.2) is 29.1 Å². The molecule has 3 N–H and O–H groups in total. The normalized spacial score (nSPS) is 16.7. The zero-order valence-corrected chi connectivity index (χ0v) is 12.0. The maximum atomic E-state index is 10.9. The molecule has 0 spiro atoms. The fraction of sp³-hybridized carbons (Fsp3) is 0.500. The summed E-state index contributed by atoms with van der Waals surface area (Å²) in [5.41, 5.74) is 6.75. The fourth-order valence-electron chi connectivity index (χ4n) is 2.87. The van der Waals surface area contributed by atoms with Crippen LogP contribution in [0.5, 0.6) is 0 Å². The smallest absolute Gasteiger partial charge is 0.270 e. The van der Waals surface area contributed by atoms with Gasteiger partial charge in [0.25, 0.3) is 5.69 Å². The number of non-ortho nitro benzene ring substituents is 1. The molecule has 7 nitrogen and oxygen atoms in total. The topological polar surface area (TPSA) is 105 Å². The molecule has 1 aromatic carbocycles. The highest BCUT2D eigenvalue weighted by molar-refractivity contribution is 6.02. The minimum atomic E-state index is -0.488. The molecule has 0 saturated heterocycles. The Hall–Kier alpha value is -2.31. The molecule has 1 aliphatic rings. The van der Waals surface area contributed by atoms with E-state index in [0.717, 1.165) is 18.5 Å². The Morgan fingerprint density at radius 1 is 1.43 bits per heavy atom. The van der Waals surface area contributed by atoms with Gasteiger partial charge in [0.05, 0.1) is 10.5 Å². The van der Waals surface area contributed by atoms with Crippen LogP contribution in [0.2, 0.25) is 0 Å². The molecule has 0 aromatic heterocycles. The van der Waals surface area contributed by atoms with Crippen molar-refractivity contribution in [1.29, 1.82) is 0 Å². The molecule has 0 heterocycles. The van der Waals surface area contributed by atoms with Gasteiger partial charge in [-0.1, -0.05) is 24.4 Å². The predicted octanol–water partition coefficient (Wildman–Crippen LogP) is 2.46. The zero-order valence-electron chi connectivity index (χ0n) is 12.0. The molecule has 1 fully saturated rings. The lowest BCUT2D eigenvalue weighted by Crippen LogP contribution is -2.35. The number of rotatable bonds is 4. The van der Waals surface area contributed by atoms with E-state index in [1.54, 1.807) is 6.07 Å². The number of hydrogen-bond donors (Lipinski definition) is 2. The van der Waals surface area contributed by atoms with Crippen molar-refractivity contribution >= 4 is 17.2 Å². The van der Waals surface area contributed by atoms with Crippen molar-refractivity contribution in [1.82, 2.24) is 0 Å². The van der Waals surface area contributed by atoms with Crippen molar-refractivity contribution in [2.75, 3.05) is 11.9 Å². The SMILES string of the molecule is CN(c1ccc([N+](=O)[O-])cc1C(N)=NO)C1CCCCC1. The molecule has 0 aliphatic heterocycles. The summed E-state index contributed by atoms with van der Waals surface area (Å²) < 4.78 is 0. The zero-order chi connectivity index (χ0) is 15.4. The summed E-state index contributed by atoms with van der Waals surface area (Å²) in [6, 6.07) is 4.84. The molecule has 1 aliphatic carbocycles. The van der Waals surface area contributed by atoms with Crippen molar-refractivity contribution in [2.24, 2.45) is 10.9 Å². The molecular formula is C14H20N4O3. The van der Waals surface area contributed by atoms with Gasteiger partial charge in [-0.3, -0.25) is 10.1 Å². The van der Waals surface area contributed by atoms with E-state index in [2.05, 4.69) is 10.1 Å². The number of nitro benzene ring substituents is 1. The van der Waals surface area contributed by atoms with Crippen LogP contribution in [0.25, 0.3) is 0 Å². The Labute approximate surface area is 123 Å². The second-order valence-electron chi connectivity index (χ2n) is 5.35. The second kappa shape index (κ2) is 6.43. The quantitative estimate of drug-likeness (QED) is 0.291. The molecule has 0 amide bonds. The Bertz CT molecular complexity index is 553. The van der Waals surface area contributed by atoms with Gasteiger partial charge < -0.3 is 15.8 Å². The van der Waals surface area contributed by atoms with Crippen molar-refractivity contribution in [3.8, 4) is 0 Å². The average molecular weight is 292 g/mol. The molecule has 0 radical (unpaired) electrons. The van der Waals surface area contributed by atoms with Crippen LogP contribution in [0, 0.1) is 10.1 Å². The predicted molar refractivity (Wildman–Crippen MR) is 80.9 cm³/mol.